The lowest BCUT2D eigenvalue weighted by molar-refractivity contribution is -0.123. The van der Waals surface area contributed by atoms with E-state index >= 15 is 0 Å². The molecule has 0 fully saturated rings. The number of hydrogen-bond acceptors (Lipinski definition) is 3. The molecule has 0 aliphatic carbocycles. The standard InChI is InChI=1S/C24H30BrN3O2/c1-17(29)27-22(19-8-10-21(25)11-9-19)14-23(30)26-16-24(2,3)28-13-12-18-6-4-5-7-20(18)15-28/h4-11,22H,12-16H2,1-3H3,(H,26,30)(H,27,29). The third kappa shape index (κ3) is 5.92. The first kappa shape index (κ1) is 22.5. The van der Waals surface area contributed by atoms with Crippen LogP contribution in [0.4, 0.5) is 0 Å². The summed E-state index contributed by atoms with van der Waals surface area (Å²) < 4.78 is 0.960. The van der Waals surface area contributed by atoms with Crippen molar-refractivity contribution in [3.8, 4) is 0 Å². The Bertz CT molecular complexity index is 896. The molecular formula is C24H30BrN3O2. The number of nitrogens with zero attached hydrogens (tertiary/aromatic N) is 1. The summed E-state index contributed by atoms with van der Waals surface area (Å²) in [5.41, 5.74) is 3.53. The molecule has 1 unspecified atom stereocenters. The van der Waals surface area contributed by atoms with Crippen LogP contribution in [-0.4, -0.2) is 35.3 Å². The molecule has 1 atom stereocenters. The molecule has 0 saturated heterocycles. The van der Waals surface area contributed by atoms with Gasteiger partial charge in [-0.2, -0.15) is 0 Å². The predicted molar refractivity (Wildman–Crippen MR) is 123 cm³/mol. The zero-order chi connectivity index (χ0) is 21.7. The Labute approximate surface area is 187 Å². The van der Waals surface area contributed by atoms with Crippen LogP contribution in [0.2, 0.25) is 0 Å². The molecule has 5 nitrogen and oxygen atoms in total. The normalized spacial score (nSPS) is 15.2. The SMILES string of the molecule is CC(=O)NC(CC(=O)NCC(C)(C)N1CCc2ccccc2C1)c1ccc(Br)cc1. The van der Waals surface area contributed by atoms with E-state index in [0.29, 0.717) is 6.54 Å². The van der Waals surface area contributed by atoms with Gasteiger partial charge in [0.05, 0.1) is 12.5 Å². The van der Waals surface area contributed by atoms with Crippen LogP contribution in [0.15, 0.2) is 53.0 Å². The second-order valence-electron chi connectivity index (χ2n) is 8.54. The van der Waals surface area contributed by atoms with E-state index in [0.717, 1.165) is 29.5 Å². The highest BCUT2D eigenvalue weighted by Gasteiger charge is 2.30. The second kappa shape index (κ2) is 9.75. The van der Waals surface area contributed by atoms with E-state index in [1.165, 1.54) is 18.1 Å². The summed E-state index contributed by atoms with van der Waals surface area (Å²) in [6.45, 7) is 8.24. The minimum atomic E-state index is -0.347. The van der Waals surface area contributed by atoms with Crippen molar-refractivity contribution in [2.45, 2.75) is 51.7 Å². The maximum Gasteiger partial charge on any atom is 0.222 e. The van der Waals surface area contributed by atoms with Gasteiger partial charge >= 0.3 is 0 Å². The summed E-state index contributed by atoms with van der Waals surface area (Å²) in [5, 5.41) is 5.98. The fraction of sp³-hybridized carbons (Fsp3) is 0.417. The Morgan fingerprint density at radius 3 is 2.43 bits per heavy atom. The Morgan fingerprint density at radius 1 is 1.10 bits per heavy atom. The molecule has 3 rings (SSSR count). The van der Waals surface area contributed by atoms with Gasteiger partial charge in [0.2, 0.25) is 11.8 Å². The lowest BCUT2D eigenvalue weighted by Gasteiger charge is -2.41. The molecule has 0 bridgehead atoms. The number of carbonyl (C=O) groups excluding carboxylic acids is 2. The summed E-state index contributed by atoms with van der Waals surface area (Å²) in [6, 6.07) is 15.9. The van der Waals surface area contributed by atoms with Crippen LogP contribution in [0.3, 0.4) is 0 Å². The minimum absolute atomic E-state index is 0.0675. The van der Waals surface area contributed by atoms with Gasteiger partial charge in [0.1, 0.15) is 0 Å². The molecule has 2 aromatic rings. The highest BCUT2D eigenvalue weighted by atomic mass is 79.9. The van der Waals surface area contributed by atoms with E-state index in [2.05, 4.69) is 69.6 Å². The molecule has 30 heavy (non-hydrogen) atoms. The molecule has 2 N–H and O–H groups in total. The monoisotopic (exact) mass is 471 g/mol. The van der Waals surface area contributed by atoms with Crippen molar-refractivity contribution < 1.29 is 9.59 Å². The van der Waals surface area contributed by atoms with Crippen LogP contribution in [0.25, 0.3) is 0 Å². The fourth-order valence-corrected chi connectivity index (χ4v) is 4.15. The molecule has 160 valence electrons. The molecule has 1 aliphatic rings. The van der Waals surface area contributed by atoms with Crippen LogP contribution in [-0.2, 0) is 22.6 Å². The Hall–Kier alpha value is -2.18. The van der Waals surface area contributed by atoms with Crippen LogP contribution < -0.4 is 10.6 Å². The molecule has 2 aromatic carbocycles. The first-order valence-corrected chi connectivity index (χ1v) is 11.1. The average Bonchev–Trinajstić information content (AvgIpc) is 2.72. The Balaban J connectivity index is 1.59. The summed E-state index contributed by atoms with van der Waals surface area (Å²) in [6.07, 6.45) is 1.24. The van der Waals surface area contributed by atoms with Crippen molar-refractivity contribution >= 4 is 27.7 Å². The molecule has 6 heteroatoms. The Morgan fingerprint density at radius 2 is 1.77 bits per heavy atom. The van der Waals surface area contributed by atoms with Crippen LogP contribution >= 0.6 is 15.9 Å². The van der Waals surface area contributed by atoms with Crippen molar-refractivity contribution in [2.24, 2.45) is 0 Å². The van der Waals surface area contributed by atoms with Crippen molar-refractivity contribution in [1.29, 1.82) is 0 Å². The summed E-state index contributed by atoms with van der Waals surface area (Å²) in [5.74, 6) is -0.217. The zero-order valence-corrected chi connectivity index (χ0v) is 19.5. The molecule has 1 aliphatic heterocycles. The molecule has 0 spiro atoms. The Kier molecular flexibility index (Phi) is 7.32. The van der Waals surface area contributed by atoms with Crippen LogP contribution in [0, 0.1) is 0 Å². The first-order valence-electron chi connectivity index (χ1n) is 10.4. The molecular weight excluding hydrogens is 442 g/mol. The summed E-state index contributed by atoms with van der Waals surface area (Å²) in [4.78, 5) is 26.8. The first-order chi connectivity index (χ1) is 14.2. The lowest BCUT2D eigenvalue weighted by atomic mass is 9.94. The smallest absolute Gasteiger partial charge is 0.222 e. The maximum atomic E-state index is 12.7. The van der Waals surface area contributed by atoms with E-state index in [9.17, 15) is 9.59 Å². The number of hydrogen-bond donors (Lipinski definition) is 2. The van der Waals surface area contributed by atoms with Gasteiger partial charge in [-0.1, -0.05) is 52.3 Å². The van der Waals surface area contributed by atoms with E-state index in [1.54, 1.807) is 0 Å². The van der Waals surface area contributed by atoms with E-state index in [1.807, 2.05) is 24.3 Å². The number of nitrogens with one attached hydrogen (secondary N) is 2. The van der Waals surface area contributed by atoms with E-state index < -0.39 is 0 Å². The quantitative estimate of drug-likeness (QED) is 0.641. The molecule has 0 saturated carbocycles. The van der Waals surface area contributed by atoms with Crippen molar-refractivity contribution in [3.63, 3.8) is 0 Å². The molecule has 2 amide bonds. The van der Waals surface area contributed by atoms with Crippen LogP contribution in [0.5, 0.6) is 0 Å². The lowest BCUT2D eigenvalue weighted by Crippen LogP contribution is -2.53. The predicted octanol–water partition coefficient (Wildman–Crippen LogP) is 3.97. The number of amides is 2. The van der Waals surface area contributed by atoms with Gasteiger partial charge in [-0.3, -0.25) is 14.5 Å². The van der Waals surface area contributed by atoms with Gasteiger partial charge in [0.25, 0.3) is 0 Å². The topological polar surface area (TPSA) is 61.4 Å². The largest absolute Gasteiger partial charge is 0.354 e. The number of carbonyl (C=O) groups is 2. The van der Waals surface area contributed by atoms with Gasteiger partial charge in [0, 0.05) is 36.6 Å². The molecule has 0 aromatic heterocycles. The maximum absolute atomic E-state index is 12.7. The molecule has 0 radical (unpaired) electrons. The summed E-state index contributed by atoms with van der Waals surface area (Å²) in [7, 11) is 0. The van der Waals surface area contributed by atoms with Gasteiger partial charge in [0.15, 0.2) is 0 Å². The van der Waals surface area contributed by atoms with Gasteiger partial charge in [-0.25, -0.2) is 0 Å². The van der Waals surface area contributed by atoms with Crippen molar-refractivity contribution in [1.82, 2.24) is 15.5 Å². The van der Waals surface area contributed by atoms with Gasteiger partial charge < -0.3 is 10.6 Å². The molecule has 1 heterocycles. The number of benzene rings is 2. The van der Waals surface area contributed by atoms with Crippen molar-refractivity contribution in [3.05, 3.63) is 69.7 Å². The summed E-state index contributed by atoms with van der Waals surface area (Å²) >= 11 is 3.42. The van der Waals surface area contributed by atoms with E-state index in [4.69, 9.17) is 0 Å². The third-order valence-corrected chi connectivity index (χ3v) is 6.27. The fourth-order valence-electron chi connectivity index (χ4n) is 3.89. The highest BCUT2D eigenvalue weighted by Crippen LogP contribution is 2.25. The highest BCUT2D eigenvalue weighted by molar-refractivity contribution is 9.10. The number of fused-ring (bicyclic) bond motifs is 1. The van der Waals surface area contributed by atoms with Gasteiger partial charge in [-0.05, 0) is 49.1 Å². The van der Waals surface area contributed by atoms with E-state index in [-0.39, 0.29) is 29.8 Å². The third-order valence-electron chi connectivity index (χ3n) is 5.74. The number of halogens is 1. The second-order valence-corrected chi connectivity index (χ2v) is 9.45. The average molecular weight is 472 g/mol. The zero-order valence-electron chi connectivity index (χ0n) is 17.9. The van der Waals surface area contributed by atoms with Crippen LogP contribution in [0.1, 0.15) is 49.9 Å². The minimum Gasteiger partial charge on any atom is -0.354 e. The number of rotatable bonds is 7. The van der Waals surface area contributed by atoms with Gasteiger partial charge in [-0.15, -0.1) is 0 Å². The van der Waals surface area contributed by atoms with Crippen molar-refractivity contribution in [2.75, 3.05) is 13.1 Å².